The molecule has 0 aromatic heterocycles. The molecule has 2 rings (SSSR count). The number of carbonyl (C=O) groups is 2. The lowest BCUT2D eigenvalue weighted by Crippen LogP contribution is -2.43. The minimum atomic E-state index is -1.08. The lowest BCUT2D eigenvalue weighted by atomic mass is 10.1. The number of thioether (sulfide) groups is 1. The molecule has 1 heterocycles. The van der Waals surface area contributed by atoms with Gasteiger partial charge in [-0.3, -0.25) is 9.69 Å². The van der Waals surface area contributed by atoms with Gasteiger partial charge in [0.15, 0.2) is 11.5 Å². The predicted molar refractivity (Wildman–Crippen MR) is 96.0 cm³/mol. The number of phenols is 1. The molecule has 1 aromatic rings. The van der Waals surface area contributed by atoms with Gasteiger partial charge in [-0.2, -0.15) is 0 Å². The molecule has 1 aliphatic heterocycles. The summed E-state index contributed by atoms with van der Waals surface area (Å²) in [4.78, 5) is 25.3. The maximum absolute atomic E-state index is 12.5. The molecule has 0 radical (unpaired) electrons. The molecule has 0 bridgehead atoms. The van der Waals surface area contributed by atoms with Crippen molar-refractivity contribution in [3.8, 4) is 11.5 Å². The minimum Gasteiger partial charge on any atom is -0.504 e. The number of phenolic OH excluding ortho intramolecular Hbond substituents is 1. The molecule has 0 saturated carbocycles. The molecule has 8 heteroatoms. The zero-order valence-corrected chi connectivity index (χ0v) is 14.8. The monoisotopic (exact) mass is 367 g/mol. The van der Waals surface area contributed by atoms with Crippen LogP contribution in [0.2, 0.25) is 0 Å². The zero-order valence-electron chi connectivity index (χ0n) is 13.2. The molecular formula is C16H17NO5S2. The third-order valence-corrected chi connectivity index (χ3v) is 4.72. The van der Waals surface area contributed by atoms with Crippen LogP contribution in [0.1, 0.15) is 25.8 Å². The first-order valence-corrected chi connectivity index (χ1v) is 8.57. The molecule has 1 fully saturated rings. The summed E-state index contributed by atoms with van der Waals surface area (Å²) in [5.41, 5.74) is 0.653. The fourth-order valence-corrected chi connectivity index (χ4v) is 3.62. The number of carboxylic acids is 1. The van der Waals surface area contributed by atoms with Crippen molar-refractivity contribution < 1.29 is 24.5 Å². The normalized spacial score (nSPS) is 17.4. The number of rotatable bonds is 6. The van der Waals surface area contributed by atoms with Crippen molar-refractivity contribution in [1.29, 1.82) is 0 Å². The van der Waals surface area contributed by atoms with E-state index in [1.807, 2.05) is 0 Å². The number of aliphatic carboxylic acids is 1. The van der Waals surface area contributed by atoms with Gasteiger partial charge < -0.3 is 14.9 Å². The van der Waals surface area contributed by atoms with Gasteiger partial charge in [0, 0.05) is 0 Å². The van der Waals surface area contributed by atoms with E-state index in [0.29, 0.717) is 22.8 Å². The summed E-state index contributed by atoms with van der Waals surface area (Å²) in [5.74, 6) is -1.18. The number of hydrogen-bond acceptors (Lipinski definition) is 6. The molecule has 1 aliphatic rings. The first kappa shape index (κ1) is 18.3. The summed E-state index contributed by atoms with van der Waals surface area (Å²) in [6.07, 6.45) is 1.87. The molecule has 0 spiro atoms. The number of hydrogen-bond donors (Lipinski definition) is 2. The Morgan fingerprint density at radius 2 is 2.17 bits per heavy atom. The fourth-order valence-electron chi connectivity index (χ4n) is 2.26. The standard InChI is InChI=1S/C16H17NO5S2/c1-3-10(15(20)21)17-14(19)13(24-16(17)23)8-9-5-6-11(18)12(7-9)22-4-2/h5-8,10,18H,3-4H2,1-2H3,(H,20,21)/b13-8+/t10-/m1/s1. The van der Waals surface area contributed by atoms with Crippen LogP contribution in [-0.2, 0) is 9.59 Å². The SMILES string of the molecule is CCOc1cc(/C=C2/SC(=S)N([C@H](CC)C(=O)O)C2=O)ccc1O. The van der Waals surface area contributed by atoms with Crippen LogP contribution in [0.5, 0.6) is 11.5 Å². The van der Waals surface area contributed by atoms with Crippen molar-refractivity contribution in [2.75, 3.05) is 6.61 Å². The van der Waals surface area contributed by atoms with Gasteiger partial charge in [-0.05, 0) is 37.1 Å². The second-order valence-corrected chi connectivity index (χ2v) is 6.65. The van der Waals surface area contributed by atoms with Crippen molar-refractivity contribution >= 4 is 46.3 Å². The Bertz CT molecular complexity index is 716. The molecule has 24 heavy (non-hydrogen) atoms. The smallest absolute Gasteiger partial charge is 0.326 e. The van der Waals surface area contributed by atoms with E-state index in [4.69, 9.17) is 17.0 Å². The van der Waals surface area contributed by atoms with Crippen molar-refractivity contribution in [3.63, 3.8) is 0 Å². The number of ether oxygens (including phenoxy) is 1. The van der Waals surface area contributed by atoms with E-state index in [1.54, 1.807) is 32.1 Å². The number of aromatic hydroxyl groups is 1. The van der Waals surface area contributed by atoms with Crippen LogP contribution in [-0.4, -0.2) is 44.0 Å². The van der Waals surface area contributed by atoms with Crippen molar-refractivity contribution in [2.45, 2.75) is 26.3 Å². The first-order chi connectivity index (χ1) is 11.4. The predicted octanol–water partition coefficient (Wildman–Crippen LogP) is 2.86. The molecule has 1 amide bonds. The van der Waals surface area contributed by atoms with Gasteiger partial charge in [0.1, 0.15) is 10.4 Å². The Kier molecular flexibility index (Phi) is 5.84. The second kappa shape index (κ2) is 7.67. The molecule has 0 aliphatic carbocycles. The van der Waals surface area contributed by atoms with Crippen molar-refractivity contribution in [2.24, 2.45) is 0 Å². The highest BCUT2D eigenvalue weighted by Gasteiger charge is 2.39. The highest BCUT2D eigenvalue weighted by molar-refractivity contribution is 8.26. The van der Waals surface area contributed by atoms with E-state index in [-0.39, 0.29) is 16.5 Å². The lowest BCUT2D eigenvalue weighted by molar-refractivity contribution is -0.145. The highest BCUT2D eigenvalue weighted by atomic mass is 32.2. The summed E-state index contributed by atoms with van der Waals surface area (Å²) in [6.45, 7) is 3.89. The van der Waals surface area contributed by atoms with Crippen LogP contribution in [0, 0.1) is 0 Å². The van der Waals surface area contributed by atoms with Gasteiger partial charge in [-0.15, -0.1) is 0 Å². The topological polar surface area (TPSA) is 87.1 Å². The zero-order chi connectivity index (χ0) is 17.9. The van der Waals surface area contributed by atoms with E-state index in [2.05, 4.69) is 0 Å². The Morgan fingerprint density at radius 1 is 1.46 bits per heavy atom. The van der Waals surface area contributed by atoms with Crippen LogP contribution in [0.4, 0.5) is 0 Å². The average Bonchev–Trinajstić information content (AvgIpc) is 2.79. The third-order valence-electron chi connectivity index (χ3n) is 3.39. The van der Waals surface area contributed by atoms with Crippen LogP contribution >= 0.6 is 24.0 Å². The van der Waals surface area contributed by atoms with Gasteiger partial charge in [0.2, 0.25) is 0 Å². The molecule has 1 aromatic carbocycles. The van der Waals surface area contributed by atoms with Crippen LogP contribution in [0.3, 0.4) is 0 Å². The quantitative estimate of drug-likeness (QED) is 0.590. The highest BCUT2D eigenvalue weighted by Crippen LogP contribution is 2.36. The Labute approximate surface area is 149 Å². The van der Waals surface area contributed by atoms with Gasteiger partial charge in [-0.1, -0.05) is 37.0 Å². The lowest BCUT2D eigenvalue weighted by Gasteiger charge is -2.21. The summed E-state index contributed by atoms with van der Waals surface area (Å²) < 4.78 is 5.54. The van der Waals surface area contributed by atoms with Gasteiger partial charge in [0.25, 0.3) is 5.91 Å². The van der Waals surface area contributed by atoms with E-state index in [0.717, 1.165) is 16.7 Å². The van der Waals surface area contributed by atoms with E-state index < -0.39 is 17.9 Å². The number of carboxylic acid groups (broad SMARTS) is 1. The summed E-state index contributed by atoms with van der Waals surface area (Å²) in [5, 5.41) is 19.0. The molecule has 1 saturated heterocycles. The van der Waals surface area contributed by atoms with Gasteiger partial charge in [0.05, 0.1) is 11.5 Å². The number of benzene rings is 1. The number of carbonyl (C=O) groups excluding carboxylic acids is 1. The van der Waals surface area contributed by atoms with Gasteiger partial charge >= 0.3 is 5.97 Å². The van der Waals surface area contributed by atoms with E-state index in [1.165, 1.54) is 6.07 Å². The number of thiocarbonyl (C=S) groups is 1. The van der Waals surface area contributed by atoms with E-state index >= 15 is 0 Å². The molecule has 0 unspecified atom stereocenters. The molecule has 2 N–H and O–H groups in total. The Balaban J connectivity index is 2.32. The van der Waals surface area contributed by atoms with Crippen LogP contribution in [0.15, 0.2) is 23.1 Å². The van der Waals surface area contributed by atoms with E-state index in [9.17, 15) is 19.8 Å². The minimum absolute atomic E-state index is 0.0125. The number of amides is 1. The molecule has 1 atom stereocenters. The molecule has 6 nitrogen and oxygen atoms in total. The first-order valence-electron chi connectivity index (χ1n) is 7.34. The van der Waals surface area contributed by atoms with Crippen LogP contribution in [0.25, 0.3) is 6.08 Å². The fraction of sp³-hybridized carbons (Fsp3) is 0.312. The Morgan fingerprint density at radius 3 is 2.75 bits per heavy atom. The summed E-state index contributed by atoms with van der Waals surface area (Å²) >= 11 is 6.22. The van der Waals surface area contributed by atoms with Crippen molar-refractivity contribution in [1.82, 2.24) is 4.90 Å². The summed E-state index contributed by atoms with van der Waals surface area (Å²) in [7, 11) is 0. The third kappa shape index (κ3) is 3.70. The maximum atomic E-state index is 12.5. The molecule has 128 valence electrons. The van der Waals surface area contributed by atoms with Gasteiger partial charge in [-0.25, -0.2) is 4.79 Å². The number of nitrogens with zero attached hydrogens (tertiary/aromatic N) is 1. The van der Waals surface area contributed by atoms with Crippen LogP contribution < -0.4 is 4.74 Å². The maximum Gasteiger partial charge on any atom is 0.326 e. The molecular weight excluding hydrogens is 350 g/mol. The average molecular weight is 367 g/mol. The largest absolute Gasteiger partial charge is 0.504 e. The Hall–Kier alpha value is -2.06. The second-order valence-electron chi connectivity index (χ2n) is 4.97. The van der Waals surface area contributed by atoms with Crippen molar-refractivity contribution in [3.05, 3.63) is 28.7 Å². The summed E-state index contributed by atoms with van der Waals surface area (Å²) in [6, 6.07) is 3.75.